The van der Waals surface area contributed by atoms with Gasteiger partial charge in [-0.15, -0.1) is 24.8 Å². The Bertz CT molecular complexity index is 14.4. The highest BCUT2D eigenvalue weighted by atomic mass is 35.5. The van der Waals surface area contributed by atoms with Crippen molar-refractivity contribution >= 4 is 42.2 Å². The highest BCUT2D eigenvalue weighted by Crippen LogP contribution is 1.81. The van der Waals surface area contributed by atoms with E-state index in [1.807, 2.05) is 0 Å². The summed E-state index contributed by atoms with van der Waals surface area (Å²) >= 11 is 0. The summed E-state index contributed by atoms with van der Waals surface area (Å²) in [4.78, 5) is 0. The maximum absolute atomic E-state index is 2.17. The number of hydrogen-bond donors (Lipinski definition) is 0. The van der Waals surface area contributed by atoms with Crippen molar-refractivity contribution in [2.75, 3.05) is 0 Å². The molecule has 0 aliphatic carbocycles. The number of rotatable bonds is 0. The van der Waals surface area contributed by atoms with Gasteiger partial charge in [0.2, 0.25) is 0 Å². The Labute approximate surface area is 69.0 Å². The van der Waals surface area contributed by atoms with Gasteiger partial charge in [-0.2, -0.15) is 0 Å². The van der Waals surface area contributed by atoms with Crippen LogP contribution >= 0.6 is 24.8 Å². The second-order valence-electron chi connectivity index (χ2n) is 1.73. The van der Waals surface area contributed by atoms with Crippen LogP contribution in [0.3, 0.4) is 0 Å². The van der Waals surface area contributed by atoms with Crippen molar-refractivity contribution in [3.05, 3.63) is 0 Å². The summed E-state index contributed by atoms with van der Waals surface area (Å²) in [7, 11) is 0. The van der Waals surface area contributed by atoms with E-state index >= 15 is 0 Å². The minimum atomic E-state index is 0. The van der Waals surface area contributed by atoms with E-state index in [1.54, 1.807) is 0 Å². The lowest BCUT2D eigenvalue weighted by molar-refractivity contribution is 0.737. The van der Waals surface area contributed by atoms with Gasteiger partial charge in [0.25, 0.3) is 0 Å². The van der Waals surface area contributed by atoms with Crippen LogP contribution in [-0.4, -0.2) is 17.4 Å². The minimum Gasteiger partial charge on any atom is -0.147 e. The highest BCUT2D eigenvalue weighted by Gasteiger charge is 1.68. The zero-order chi connectivity index (χ0) is 3.58. The molecule has 0 aromatic heterocycles. The molecule has 0 aliphatic rings. The molecule has 0 nitrogen and oxygen atoms in total. The van der Waals surface area contributed by atoms with Gasteiger partial charge in [-0.05, 0) is 5.92 Å². The maximum atomic E-state index is 2.17. The van der Waals surface area contributed by atoms with E-state index in [2.05, 4.69) is 20.8 Å². The quantitative estimate of drug-likeness (QED) is 0.470. The van der Waals surface area contributed by atoms with E-state index in [9.17, 15) is 0 Å². The van der Waals surface area contributed by atoms with E-state index in [0.717, 1.165) is 5.92 Å². The fraction of sp³-hybridized carbons (Fsp3) is 1.00. The van der Waals surface area contributed by atoms with Gasteiger partial charge in [-0.1, -0.05) is 20.8 Å². The van der Waals surface area contributed by atoms with Crippen molar-refractivity contribution in [3.63, 3.8) is 0 Å². The maximum Gasteiger partial charge on any atom is 0.187 e. The van der Waals surface area contributed by atoms with Crippen LogP contribution in [0, 0.1) is 5.92 Å². The minimum absolute atomic E-state index is 0. The first kappa shape index (κ1) is 24.3. The molecule has 0 heterocycles. The van der Waals surface area contributed by atoms with Gasteiger partial charge in [-0.25, -0.2) is 0 Å². The predicted molar refractivity (Wildman–Crippen MR) is 44.9 cm³/mol. The van der Waals surface area contributed by atoms with Gasteiger partial charge in [0.1, 0.15) is 0 Å². The Morgan fingerprint density at radius 3 is 0.857 bits per heavy atom. The lowest BCUT2D eigenvalue weighted by Gasteiger charge is -1.79. The fourth-order valence-electron chi connectivity index (χ4n) is 0. The molecule has 0 saturated heterocycles. The molecule has 0 radical (unpaired) electrons. The molecule has 0 unspecified atom stereocenters. The predicted octanol–water partition coefficient (Wildman–Crippen LogP) is 1.32. The first-order valence-electron chi connectivity index (χ1n) is 1.73. The molecule has 0 amide bonds. The Morgan fingerprint density at radius 2 is 0.857 bits per heavy atom. The molecule has 0 rings (SSSR count). The monoisotopic (exact) mass is 160 g/mol. The summed E-state index contributed by atoms with van der Waals surface area (Å²) in [6.45, 7) is 6.50. The molecule has 0 bridgehead atoms. The number of halogens is 2. The molecule has 0 atom stereocenters. The van der Waals surface area contributed by atoms with E-state index in [0.29, 0.717) is 0 Å². The zero-order valence-electron chi connectivity index (χ0n) is 4.39. The molecular formula is C4H15AlCl2. The van der Waals surface area contributed by atoms with E-state index in [-0.39, 0.29) is 42.2 Å². The second kappa shape index (κ2) is 15.7. The topological polar surface area (TPSA) is 0 Å². The van der Waals surface area contributed by atoms with E-state index < -0.39 is 0 Å². The summed E-state index contributed by atoms with van der Waals surface area (Å²) in [6.07, 6.45) is 0. The van der Waals surface area contributed by atoms with Crippen molar-refractivity contribution in [2.24, 2.45) is 5.92 Å². The van der Waals surface area contributed by atoms with Crippen LogP contribution in [-0.2, 0) is 0 Å². The first-order valence-corrected chi connectivity index (χ1v) is 1.73. The van der Waals surface area contributed by atoms with Crippen molar-refractivity contribution in [3.8, 4) is 0 Å². The van der Waals surface area contributed by atoms with Crippen LogP contribution in [0.5, 0.6) is 0 Å². The standard InChI is InChI=1S/C4H10.Al.2ClH.3H/c1-4(2)3;;;;;;/h4H,1-3H3;;2*1H;;;. The zero-order valence-corrected chi connectivity index (χ0v) is 6.03. The van der Waals surface area contributed by atoms with Crippen molar-refractivity contribution < 1.29 is 0 Å². The summed E-state index contributed by atoms with van der Waals surface area (Å²) in [5.74, 6) is 0.833. The Hall–Kier alpha value is 1.11. The third kappa shape index (κ3) is 150. The van der Waals surface area contributed by atoms with Gasteiger partial charge in [0.15, 0.2) is 17.4 Å². The Morgan fingerprint density at radius 1 is 0.857 bits per heavy atom. The molecule has 0 spiro atoms. The molecule has 7 heavy (non-hydrogen) atoms. The third-order valence-corrected chi connectivity index (χ3v) is 0. The highest BCUT2D eigenvalue weighted by molar-refractivity contribution is 5.85. The van der Waals surface area contributed by atoms with Crippen molar-refractivity contribution in [1.82, 2.24) is 0 Å². The van der Waals surface area contributed by atoms with Crippen LogP contribution < -0.4 is 0 Å². The SMILES string of the molecule is CC(C)C.Cl.Cl.[AlH3]. The summed E-state index contributed by atoms with van der Waals surface area (Å²) in [5, 5.41) is 0. The summed E-state index contributed by atoms with van der Waals surface area (Å²) in [6, 6.07) is 0. The van der Waals surface area contributed by atoms with E-state index in [1.165, 1.54) is 0 Å². The second-order valence-corrected chi connectivity index (χ2v) is 1.73. The van der Waals surface area contributed by atoms with Gasteiger partial charge in [0.05, 0.1) is 0 Å². The van der Waals surface area contributed by atoms with Crippen LogP contribution in [0.2, 0.25) is 0 Å². The van der Waals surface area contributed by atoms with Crippen LogP contribution in [0.15, 0.2) is 0 Å². The largest absolute Gasteiger partial charge is 0.187 e. The average molecular weight is 161 g/mol. The van der Waals surface area contributed by atoms with Gasteiger partial charge in [-0.3, -0.25) is 0 Å². The molecular weight excluding hydrogens is 146 g/mol. The van der Waals surface area contributed by atoms with Crippen molar-refractivity contribution in [1.29, 1.82) is 0 Å². The molecule has 0 N–H and O–H groups in total. The van der Waals surface area contributed by atoms with Crippen LogP contribution in [0.4, 0.5) is 0 Å². The Kier molecular flexibility index (Phi) is 54.5. The van der Waals surface area contributed by atoms with Crippen molar-refractivity contribution in [2.45, 2.75) is 20.8 Å². The normalized spacial score (nSPS) is 5.14. The third-order valence-electron chi connectivity index (χ3n) is 0. The molecule has 0 fully saturated rings. The molecule has 48 valence electrons. The summed E-state index contributed by atoms with van der Waals surface area (Å²) in [5.41, 5.74) is 0. The van der Waals surface area contributed by atoms with E-state index in [4.69, 9.17) is 0 Å². The fourth-order valence-corrected chi connectivity index (χ4v) is 0. The summed E-state index contributed by atoms with van der Waals surface area (Å²) < 4.78 is 0. The number of hydrogen-bond acceptors (Lipinski definition) is 0. The van der Waals surface area contributed by atoms with Gasteiger partial charge in [0, 0.05) is 0 Å². The van der Waals surface area contributed by atoms with Crippen LogP contribution in [0.25, 0.3) is 0 Å². The average Bonchev–Trinajstić information content (AvgIpc) is 0.811. The van der Waals surface area contributed by atoms with Crippen LogP contribution in [0.1, 0.15) is 20.8 Å². The molecule has 0 aromatic carbocycles. The lowest BCUT2D eigenvalue weighted by atomic mass is 10.3. The Balaban J connectivity index is -0.0000000150. The smallest absolute Gasteiger partial charge is 0.147 e. The molecule has 0 aliphatic heterocycles. The lowest BCUT2D eigenvalue weighted by Crippen LogP contribution is -1.66. The van der Waals surface area contributed by atoms with Gasteiger partial charge >= 0.3 is 0 Å². The van der Waals surface area contributed by atoms with Gasteiger partial charge < -0.3 is 0 Å². The molecule has 0 aromatic rings. The molecule has 3 heteroatoms. The molecule has 0 saturated carbocycles. The first-order chi connectivity index (χ1) is 1.73.